The lowest BCUT2D eigenvalue weighted by Gasteiger charge is -2.23. The number of rotatable bonds is 15. The summed E-state index contributed by atoms with van der Waals surface area (Å²) in [6.45, 7) is 3.43. The molecular weight excluding hydrogens is 477 g/mol. The minimum Gasteiger partial charge on any atom is -0.492 e. The minimum atomic E-state index is -2.77. The van der Waals surface area contributed by atoms with Gasteiger partial charge in [-0.05, 0) is 62.6 Å². The molecule has 0 aliphatic heterocycles. The van der Waals surface area contributed by atoms with Crippen LogP contribution >= 0.6 is 0 Å². The van der Waals surface area contributed by atoms with Gasteiger partial charge in [0.15, 0.2) is 6.10 Å². The molecule has 198 valence electrons. The lowest BCUT2D eigenvalue weighted by Crippen LogP contribution is -2.38. The molecule has 0 aromatic heterocycles. The van der Waals surface area contributed by atoms with E-state index < -0.39 is 29.8 Å². The molecule has 0 fully saturated rings. The Kier molecular flexibility index (Phi) is 11.5. The van der Waals surface area contributed by atoms with Gasteiger partial charge in [0.1, 0.15) is 18.2 Å². The molecule has 1 unspecified atom stereocenters. The van der Waals surface area contributed by atoms with Crippen LogP contribution in [0, 0.1) is 5.82 Å². The normalized spacial score (nSPS) is 12.1. The topological polar surface area (TPSA) is 88.1 Å². The maximum Gasteiger partial charge on any atom is 0.333 e. The quantitative estimate of drug-likeness (QED) is 0.305. The number of alkyl halides is 2. The Labute approximate surface area is 209 Å². The number of unbranched alkanes of at least 4 members (excludes halogenated alkanes) is 1. The number of carbonyl (C=O) groups excluding carboxylic acids is 1. The molecule has 10 heteroatoms. The van der Waals surface area contributed by atoms with E-state index in [1.807, 2.05) is 0 Å². The Morgan fingerprint density at radius 2 is 1.83 bits per heavy atom. The standard InChI is InChI=1S/C26H33F3N2O5/c1-3-35-23(24(32)33)17-19-9-11-22(12-10-19)36-16-15-31(14-5-4-13-26(2,28)29)25(34)30-21-8-6-7-20(27)18-21/h6-12,18,23H,3-5,13-17H2,1-2H3,(H,30,34)(H,32,33). The Morgan fingerprint density at radius 1 is 1.11 bits per heavy atom. The third kappa shape index (κ3) is 11.0. The molecule has 0 saturated heterocycles. The number of anilines is 1. The molecule has 0 heterocycles. The zero-order chi connectivity index (χ0) is 26.6. The first-order valence-electron chi connectivity index (χ1n) is 11.8. The van der Waals surface area contributed by atoms with E-state index in [0.29, 0.717) is 18.8 Å². The summed E-state index contributed by atoms with van der Waals surface area (Å²) >= 11 is 0. The number of halogens is 3. The van der Waals surface area contributed by atoms with Crippen LogP contribution in [-0.2, 0) is 16.0 Å². The molecule has 2 amide bonds. The van der Waals surface area contributed by atoms with Crippen molar-refractivity contribution in [2.45, 2.75) is 51.6 Å². The summed E-state index contributed by atoms with van der Waals surface area (Å²) in [6.07, 6.45) is -0.372. The van der Waals surface area contributed by atoms with Gasteiger partial charge in [0.25, 0.3) is 0 Å². The zero-order valence-electron chi connectivity index (χ0n) is 20.5. The second-order valence-corrected chi connectivity index (χ2v) is 8.43. The molecule has 7 nitrogen and oxygen atoms in total. The first kappa shape index (κ1) is 29.0. The molecule has 0 bridgehead atoms. The summed E-state index contributed by atoms with van der Waals surface area (Å²) in [5.41, 5.74) is 1.06. The number of amides is 2. The average Bonchev–Trinajstić information content (AvgIpc) is 2.80. The monoisotopic (exact) mass is 510 g/mol. The predicted molar refractivity (Wildman–Crippen MR) is 130 cm³/mol. The van der Waals surface area contributed by atoms with Crippen molar-refractivity contribution in [1.29, 1.82) is 0 Å². The molecule has 0 radical (unpaired) electrons. The number of carbonyl (C=O) groups is 2. The van der Waals surface area contributed by atoms with Crippen LogP contribution in [0.1, 0.15) is 38.7 Å². The van der Waals surface area contributed by atoms with Gasteiger partial charge >= 0.3 is 12.0 Å². The molecule has 0 spiro atoms. The van der Waals surface area contributed by atoms with Gasteiger partial charge < -0.3 is 24.8 Å². The van der Waals surface area contributed by atoms with Crippen LogP contribution in [-0.4, -0.2) is 60.3 Å². The summed E-state index contributed by atoms with van der Waals surface area (Å²) in [6, 6.07) is 11.9. The van der Waals surface area contributed by atoms with Gasteiger partial charge in [-0.3, -0.25) is 0 Å². The van der Waals surface area contributed by atoms with Gasteiger partial charge in [-0.1, -0.05) is 18.2 Å². The third-order valence-corrected chi connectivity index (χ3v) is 5.27. The number of nitrogens with zero attached hydrogens (tertiary/aromatic N) is 1. The van der Waals surface area contributed by atoms with Crippen molar-refractivity contribution in [2.24, 2.45) is 0 Å². The zero-order valence-corrected chi connectivity index (χ0v) is 20.5. The van der Waals surface area contributed by atoms with Crippen LogP contribution in [0.4, 0.5) is 23.7 Å². The molecule has 2 aromatic rings. The number of aliphatic carboxylic acids is 1. The summed E-state index contributed by atoms with van der Waals surface area (Å²) in [5.74, 6) is -3.77. The third-order valence-electron chi connectivity index (χ3n) is 5.27. The van der Waals surface area contributed by atoms with E-state index in [1.165, 1.54) is 23.1 Å². The van der Waals surface area contributed by atoms with Crippen molar-refractivity contribution in [3.63, 3.8) is 0 Å². The van der Waals surface area contributed by atoms with Gasteiger partial charge in [-0.2, -0.15) is 0 Å². The van der Waals surface area contributed by atoms with Crippen LogP contribution < -0.4 is 10.1 Å². The molecule has 36 heavy (non-hydrogen) atoms. The molecule has 0 aliphatic carbocycles. The number of ether oxygens (including phenoxy) is 2. The van der Waals surface area contributed by atoms with E-state index in [1.54, 1.807) is 37.3 Å². The highest BCUT2D eigenvalue weighted by Gasteiger charge is 2.21. The lowest BCUT2D eigenvalue weighted by molar-refractivity contribution is -0.149. The predicted octanol–water partition coefficient (Wildman–Crippen LogP) is 5.60. The summed E-state index contributed by atoms with van der Waals surface area (Å²) < 4.78 is 50.6. The van der Waals surface area contributed by atoms with Gasteiger partial charge in [-0.25, -0.2) is 22.8 Å². The van der Waals surface area contributed by atoms with Crippen molar-refractivity contribution >= 4 is 17.7 Å². The Balaban J connectivity index is 1.92. The maximum absolute atomic E-state index is 13.5. The van der Waals surface area contributed by atoms with E-state index in [-0.39, 0.29) is 44.6 Å². The van der Waals surface area contributed by atoms with Crippen LogP contribution in [0.3, 0.4) is 0 Å². The second kappa shape index (κ2) is 14.3. The SMILES string of the molecule is CCOC(Cc1ccc(OCCN(CCCCC(C)(F)F)C(=O)Nc2cccc(F)c2)cc1)C(=O)O. The maximum atomic E-state index is 13.5. The van der Waals surface area contributed by atoms with Gasteiger partial charge in [0.2, 0.25) is 5.92 Å². The fourth-order valence-electron chi connectivity index (χ4n) is 3.45. The van der Waals surface area contributed by atoms with E-state index in [4.69, 9.17) is 9.47 Å². The van der Waals surface area contributed by atoms with Gasteiger partial charge in [0, 0.05) is 31.7 Å². The largest absolute Gasteiger partial charge is 0.492 e. The van der Waals surface area contributed by atoms with Crippen molar-refractivity contribution in [2.75, 3.05) is 31.6 Å². The number of hydrogen-bond donors (Lipinski definition) is 2. The number of carboxylic acid groups (broad SMARTS) is 1. The van der Waals surface area contributed by atoms with Crippen LogP contribution in [0.2, 0.25) is 0 Å². The molecule has 0 aliphatic rings. The van der Waals surface area contributed by atoms with Crippen LogP contribution in [0.25, 0.3) is 0 Å². The van der Waals surface area contributed by atoms with E-state index in [0.717, 1.165) is 12.5 Å². The average molecular weight is 511 g/mol. The van der Waals surface area contributed by atoms with Crippen molar-refractivity contribution in [1.82, 2.24) is 4.90 Å². The van der Waals surface area contributed by atoms with E-state index in [9.17, 15) is 27.9 Å². The van der Waals surface area contributed by atoms with E-state index >= 15 is 0 Å². The van der Waals surface area contributed by atoms with E-state index in [2.05, 4.69) is 5.32 Å². The summed E-state index contributed by atoms with van der Waals surface area (Å²) in [7, 11) is 0. The number of benzene rings is 2. The van der Waals surface area contributed by atoms with Crippen molar-refractivity contribution in [3.05, 3.63) is 59.9 Å². The van der Waals surface area contributed by atoms with Crippen LogP contribution in [0.15, 0.2) is 48.5 Å². The van der Waals surface area contributed by atoms with Crippen molar-refractivity contribution in [3.8, 4) is 5.75 Å². The minimum absolute atomic E-state index is 0.135. The Morgan fingerprint density at radius 3 is 2.44 bits per heavy atom. The lowest BCUT2D eigenvalue weighted by atomic mass is 10.1. The highest BCUT2D eigenvalue weighted by atomic mass is 19.3. The Hall–Kier alpha value is -3.27. The fraction of sp³-hybridized carbons (Fsp3) is 0.462. The molecular formula is C26H33F3N2O5. The summed E-state index contributed by atoms with van der Waals surface area (Å²) in [5, 5.41) is 11.8. The number of hydrogen-bond acceptors (Lipinski definition) is 4. The Bertz CT molecular complexity index is 967. The highest BCUT2D eigenvalue weighted by Crippen LogP contribution is 2.20. The second-order valence-electron chi connectivity index (χ2n) is 8.43. The molecule has 2 aromatic carbocycles. The molecule has 2 N–H and O–H groups in total. The number of carboxylic acids is 1. The van der Waals surface area contributed by atoms with Crippen molar-refractivity contribution < 1.29 is 37.3 Å². The first-order chi connectivity index (χ1) is 17.1. The molecule has 2 rings (SSSR count). The van der Waals surface area contributed by atoms with Gasteiger partial charge in [0.05, 0.1) is 6.54 Å². The first-order valence-corrected chi connectivity index (χ1v) is 11.8. The van der Waals surface area contributed by atoms with Gasteiger partial charge in [-0.15, -0.1) is 0 Å². The fourth-order valence-corrected chi connectivity index (χ4v) is 3.45. The summed E-state index contributed by atoms with van der Waals surface area (Å²) in [4.78, 5) is 25.4. The van der Waals surface area contributed by atoms with Crippen LogP contribution in [0.5, 0.6) is 5.75 Å². The molecule has 0 saturated carbocycles. The highest BCUT2D eigenvalue weighted by molar-refractivity contribution is 5.89. The number of nitrogens with one attached hydrogen (secondary N) is 1. The smallest absolute Gasteiger partial charge is 0.333 e. The number of urea groups is 1. The molecule has 1 atom stereocenters.